The molecule has 0 unspecified atom stereocenters. The van der Waals surface area contributed by atoms with Gasteiger partial charge in [-0.05, 0) is 43.9 Å². The molecule has 1 aromatic rings. The Labute approximate surface area is 118 Å². The summed E-state index contributed by atoms with van der Waals surface area (Å²) >= 11 is 3.53. The second kappa shape index (κ2) is 6.58. The van der Waals surface area contributed by atoms with Crippen molar-refractivity contribution in [1.82, 2.24) is 0 Å². The Balaban J connectivity index is 2.21. The van der Waals surface area contributed by atoms with Gasteiger partial charge in [0.15, 0.2) is 0 Å². The topological polar surface area (TPSA) is 35.2 Å². The van der Waals surface area contributed by atoms with Gasteiger partial charge in [0, 0.05) is 16.1 Å². The Morgan fingerprint density at radius 1 is 1.33 bits per heavy atom. The lowest BCUT2D eigenvalue weighted by atomic mass is 9.81. The predicted octanol–water partition coefficient (Wildman–Crippen LogP) is 4.43. The van der Waals surface area contributed by atoms with Gasteiger partial charge in [0.1, 0.15) is 5.75 Å². The molecule has 0 aliphatic heterocycles. The van der Waals surface area contributed by atoms with Crippen molar-refractivity contribution in [3.63, 3.8) is 0 Å². The van der Waals surface area contributed by atoms with Gasteiger partial charge in [-0.15, -0.1) is 0 Å². The zero-order valence-corrected chi connectivity index (χ0v) is 12.6. The van der Waals surface area contributed by atoms with E-state index in [9.17, 15) is 0 Å². The van der Waals surface area contributed by atoms with Gasteiger partial charge in [0.05, 0.1) is 6.61 Å². The molecule has 0 saturated heterocycles. The van der Waals surface area contributed by atoms with E-state index in [-0.39, 0.29) is 6.04 Å². The van der Waals surface area contributed by atoms with Gasteiger partial charge in [0.25, 0.3) is 0 Å². The van der Waals surface area contributed by atoms with Crippen LogP contribution < -0.4 is 10.5 Å². The number of ether oxygens (including phenoxy) is 1. The van der Waals surface area contributed by atoms with E-state index >= 15 is 0 Å². The number of halogens is 1. The van der Waals surface area contributed by atoms with Crippen LogP contribution in [0.1, 0.15) is 50.6 Å². The SMILES string of the molecule is CCOc1ccc(Br)cc1[C@@H](N)C1CCCCC1. The van der Waals surface area contributed by atoms with Crippen molar-refractivity contribution in [3.8, 4) is 5.75 Å². The summed E-state index contributed by atoms with van der Waals surface area (Å²) in [4.78, 5) is 0. The lowest BCUT2D eigenvalue weighted by Crippen LogP contribution is -2.24. The molecule has 1 aromatic carbocycles. The lowest BCUT2D eigenvalue weighted by Gasteiger charge is -2.29. The Hall–Kier alpha value is -0.540. The molecule has 2 rings (SSSR count). The van der Waals surface area contributed by atoms with E-state index in [4.69, 9.17) is 10.5 Å². The van der Waals surface area contributed by atoms with Crippen LogP contribution in [0.2, 0.25) is 0 Å². The first-order valence-electron chi connectivity index (χ1n) is 6.90. The van der Waals surface area contributed by atoms with Crippen molar-refractivity contribution in [1.29, 1.82) is 0 Å². The van der Waals surface area contributed by atoms with Gasteiger partial charge in [-0.1, -0.05) is 35.2 Å². The van der Waals surface area contributed by atoms with Crippen molar-refractivity contribution in [3.05, 3.63) is 28.2 Å². The highest BCUT2D eigenvalue weighted by atomic mass is 79.9. The van der Waals surface area contributed by atoms with Gasteiger partial charge in [-0.2, -0.15) is 0 Å². The molecule has 0 amide bonds. The second-order valence-corrected chi connectivity index (χ2v) is 5.95. The van der Waals surface area contributed by atoms with E-state index in [1.165, 1.54) is 32.1 Å². The van der Waals surface area contributed by atoms with Crippen molar-refractivity contribution in [2.24, 2.45) is 11.7 Å². The third kappa shape index (κ3) is 3.27. The minimum atomic E-state index is 0.101. The van der Waals surface area contributed by atoms with Crippen molar-refractivity contribution in [2.45, 2.75) is 45.1 Å². The Morgan fingerprint density at radius 2 is 2.06 bits per heavy atom. The molecule has 0 spiro atoms. The minimum absolute atomic E-state index is 0.101. The van der Waals surface area contributed by atoms with Crippen molar-refractivity contribution < 1.29 is 4.74 Å². The fourth-order valence-electron chi connectivity index (χ4n) is 2.81. The summed E-state index contributed by atoms with van der Waals surface area (Å²) in [6, 6.07) is 6.25. The Kier molecular flexibility index (Phi) is 5.07. The molecule has 1 saturated carbocycles. The number of hydrogen-bond acceptors (Lipinski definition) is 2. The molecule has 2 N–H and O–H groups in total. The summed E-state index contributed by atoms with van der Waals surface area (Å²) in [6.07, 6.45) is 6.49. The Morgan fingerprint density at radius 3 is 2.72 bits per heavy atom. The van der Waals surface area contributed by atoms with Crippen LogP contribution >= 0.6 is 15.9 Å². The van der Waals surface area contributed by atoms with Gasteiger partial charge >= 0.3 is 0 Å². The molecule has 0 radical (unpaired) electrons. The normalized spacial score (nSPS) is 18.6. The number of hydrogen-bond donors (Lipinski definition) is 1. The molecular weight excluding hydrogens is 290 g/mol. The van der Waals surface area contributed by atoms with Crippen LogP contribution in [-0.4, -0.2) is 6.61 Å². The molecule has 1 aliphatic carbocycles. The fraction of sp³-hybridized carbons (Fsp3) is 0.600. The molecule has 18 heavy (non-hydrogen) atoms. The fourth-order valence-corrected chi connectivity index (χ4v) is 3.19. The van der Waals surface area contributed by atoms with E-state index in [1.807, 2.05) is 19.1 Å². The maximum Gasteiger partial charge on any atom is 0.124 e. The second-order valence-electron chi connectivity index (χ2n) is 5.04. The molecular formula is C15H22BrNO. The molecule has 2 nitrogen and oxygen atoms in total. The molecule has 100 valence electrons. The van der Waals surface area contributed by atoms with Crippen LogP contribution in [-0.2, 0) is 0 Å². The van der Waals surface area contributed by atoms with E-state index in [1.54, 1.807) is 0 Å². The zero-order valence-electron chi connectivity index (χ0n) is 11.0. The van der Waals surface area contributed by atoms with Crippen LogP contribution in [0.5, 0.6) is 5.75 Å². The van der Waals surface area contributed by atoms with Crippen LogP contribution in [0, 0.1) is 5.92 Å². The van der Waals surface area contributed by atoms with Crippen molar-refractivity contribution >= 4 is 15.9 Å². The first-order chi connectivity index (χ1) is 8.72. The molecule has 1 aliphatic rings. The van der Waals surface area contributed by atoms with E-state index < -0.39 is 0 Å². The largest absolute Gasteiger partial charge is 0.494 e. The van der Waals surface area contributed by atoms with Gasteiger partial charge in [-0.3, -0.25) is 0 Å². The smallest absolute Gasteiger partial charge is 0.124 e. The zero-order chi connectivity index (χ0) is 13.0. The maximum atomic E-state index is 6.47. The van der Waals surface area contributed by atoms with E-state index in [0.717, 1.165) is 15.8 Å². The first kappa shape index (κ1) is 13.9. The van der Waals surface area contributed by atoms with Gasteiger partial charge in [0.2, 0.25) is 0 Å². The van der Waals surface area contributed by atoms with Gasteiger partial charge in [-0.25, -0.2) is 0 Å². The summed E-state index contributed by atoms with van der Waals surface area (Å²) in [5.74, 6) is 1.55. The molecule has 0 aromatic heterocycles. The van der Waals surface area contributed by atoms with Crippen LogP contribution in [0.25, 0.3) is 0 Å². The van der Waals surface area contributed by atoms with E-state index in [0.29, 0.717) is 12.5 Å². The number of benzene rings is 1. The average Bonchev–Trinajstić information content (AvgIpc) is 2.41. The van der Waals surface area contributed by atoms with E-state index in [2.05, 4.69) is 22.0 Å². The van der Waals surface area contributed by atoms with Crippen LogP contribution in [0.15, 0.2) is 22.7 Å². The molecule has 0 heterocycles. The summed E-state index contributed by atoms with van der Waals surface area (Å²) in [6.45, 7) is 2.70. The molecule has 1 fully saturated rings. The summed E-state index contributed by atoms with van der Waals surface area (Å²) < 4.78 is 6.78. The predicted molar refractivity (Wildman–Crippen MR) is 78.8 cm³/mol. The maximum absolute atomic E-state index is 6.47. The molecule has 3 heteroatoms. The highest BCUT2D eigenvalue weighted by Crippen LogP contribution is 2.37. The quantitative estimate of drug-likeness (QED) is 0.893. The third-order valence-electron chi connectivity index (χ3n) is 3.79. The van der Waals surface area contributed by atoms with Crippen molar-refractivity contribution in [2.75, 3.05) is 6.61 Å². The summed E-state index contributed by atoms with van der Waals surface area (Å²) in [5.41, 5.74) is 7.62. The van der Waals surface area contributed by atoms with Gasteiger partial charge < -0.3 is 10.5 Å². The first-order valence-corrected chi connectivity index (χ1v) is 7.69. The number of nitrogens with two attached hydrogens (primary N) is 1. The average molecular weight is 312 g/mol. The number of rotatable bonds is 4. The standard InChI is InChI=1S/C15H22BrNO/c1-2-18-14-9-8-12(16)10-13(14)15(17)11-6-4-3-5-7-11/h8-11,15H,2-7,17H2,1H3/t15-/m0/s1. The summed E-state index contributed by atoms with van der Waals surface area (Å²) in [7, 11) is 0. The summed E-state index contributed by atoms with van der Waals surface area (Å²) in [5, 5.41) is 0. The van der Waals surface area contributed by atoms with Crippen LogP contribution in [0.3, 0.4) is 0 Å². The third-order valence-corrected chi connectivity index (χ3v) is 4.28. The van der Waals surface area contributed by atoms with Crippen LogP contribution in [0.4, 0.5) is 0 Å². The lowest BCUT2D eigenvalue weighted by molar-refractivity contribution is 0.292. The molecule has 1 atom stereocenters. The monoisotopic (exact) mass is 311 g/mol. The highest BCUT2D eigenvalue weighted by Gasteiger charge is 2.24. The molecule has 0 bridgehead atoms. The highest BCUT2D eigenvalue weighted by molar-refractivity contribution is 9.10. The Bertz CT molecular complexity index is 388. The minimum Gasteiger partial charge on any atom is -0.494 e.